The van der Waals surface area contributed by atoms with Gasteiger partial charge < -0.3 is 4.74 Å². The Balaban J connectivity index is 1.97. The second kappa shape index (κ2) is 4.33. The molecule has 0 aromatic heterocycles. The first-order chi connectivity index (χ1) is 6.77. The molecule has 2 nitrogen and oxygen atoms in total. The van der Waals surface area contributed by atoms with Gasteiger partial charge in [-0.1, -0.05) is 19.3 Å². The molecule has 2 rings (SSSR count). The number of hydrogen-bond donors (Lipinski definition) is 0. The summed E-state index contributed by atoms with van der Waals surface area (Å²) in [6, 6.07) is 0. The van der Waals surface area contributed by atoms with Crippen LogP contribution in [0.3, 0.4) is 0 Å². The third kappa shape index (κ3) is 2.10. The summed E-state index contributed by atoms with van der Waals surface area (Å²) >= 11 is 0. The second-order valence-electron chi connectivity index (χ2n) is 4.79. The SMILES string of the molecule is CC(=O)OC1CCC[C@H]2CCCC[C@H]12. The zero-order chi connectivity index (χ0) is 9.97. The summed E-state index contributed by atoms with van der Waals surface area (Å²) in [5.41, 5.74) is 0. The Morgan fingerprint density at radius 2 is 1.79 bits per heavy atom. The monoisotopic (exact) mass is 196 g/mol. The highest BCUT2D eigenvalue weighted by Gasteiger charge is 2.36. The molecule has 80 valence electrons. The van der Waals surface area contributed by atoms with E-state index >= 15 is 0 Å². The van der Waals surface area contributed by atoms with Crippen LogP contribution in [0.15, 0.2) is 0 Å². The van der Waals surface area contributed by atoms with Gasteiger partial charge in [-0.05, 0) is 37.5 Å². The highest BCUT2D eigenvalue weighted by atomic mass is 16.5. The smallest absolute Gasteiger partial charge is 0.302 e. The lowest BCUT2D eigenvalue weighted by atomic mass is 9.69. The van der Waals surface area contributed by atoms with Gasteiger partial charge in [0.2, 0.25) is 0 Å². The first kappa shape index (κ1) is 10.0. The van der Waals surface area contributed by atoms with Crippen molar-refractivity contribution in [1.82, 2.24) is 0 Å². The van der Waals surface area contributed by atoms with E-state index in [1.807, 2.05) is 0 Å². The molecular formula is C12H20O2. The Bertz CT molecular complexity index is 210. The average Bonchev–Trinajstić information content (AvgIpc) is 2.18. The molecule has 0 bridgehead atoms. The van der Waals surface area contributed by atoms with Gasteiger partial charge in [0.15, 0.2) is 0 Å². The van der Waals surface area contributed by atoms with Crippen molar-refractivity contribution >= 4 is 5.97 Å². The van der Waals surface area contributed by atoms with Crippen molar-refractivity contribution in [3.8, 4) is 0 Å². The fourth-order valence-corrected chi connectivity index (χ4v) is 3.24. The third-order valence-corrected chi connectivity index (χ3v) is 3.83. The Labute approximate surface area is 86.0 Å². The molecule has 0 saturated heterocycles. The number of esters is 1. The number of carbonyl (C=O) groups excluding carboxylic acids is 1. The van der Waals surface area contributed by atoms with Crippen LogP contribution in [0.5, 0.6) is 0 Å². The lowest BCUT2D eigenvalue weighted by molar-refractivity contribution is -0.153. The van der Waals surface area contributed by atoms with E-state index in [0.717, 1.165) is 12.3 Å². The molecule has 0 aromatic carbocycles. The Kier molecular flexibility index (Phi) is 3.09. The van der Waals surface area contributed by atoms with Crippen LogP contribution >= 0.6 is 0 Å². The summed E-state index contributed by atoms with van der Waals surface area (Å²) in [6.45, 7) is 1.53. The lowest BCUT2D eigenvalue weighted by Gasteiger charge is -2.40. The van der Waals surface area contributed by atoms with Crippen LogP contribution in [0, 0.1) is 11.8 Å². The number of rotatable bonds is 1. The van der Waals surface area contributed by atoms with Gasteiger partial charge in [-0.3, -0.25) is 4.79 Å². The quantitative estimate of drug-likeness (QED) is 0.603. The van der Waals surface area contributed by atoms with E-state index in [2.05, 4.69) is 0 Å². The molecule has 0 heterocycles. The zero-order valence-corrected chi connectivity index (χ0v) is 9.00. The van der Waals surface area contributed by atoms with E-state index in [9.17, 15) is 4.79 Å². The average molecular weight is 196 g/mol. The maximum atomic E-state index is 11.0. The molecular weight excluding hydrogens is 176 g/mol. The zero-order valence-electron chi connectivity index (χ0n) is 9.00. The topological polar surface area (TPSA) is 26.3 Å². The summed E-state index contributed by atoms with van der Waals surface area (Å²) in [4.78, 5) is 11.0. The van der Waals surface area contributed by atoms with Crippen LogP contribution in [0.1, 0.15) is 51.9 Å². The summed E-state index contributed by atoms with van der Waals surface area (Å²) in [5, 5.41) is 0. The molecule has 2 heteroatoms. The second-order valence-corrected chi connectivity index (χ2v) is 4.79. The first-order valence-corrected chi connectivity index (χ1v) is 5.94. The van der Waals surface area contributed by atoms with Crippen molar-refractivity contribution in [2.24, 2.45) is 11.8 Å². The van der Waals surface area contributed by atoms with Crippen LogP contribution in [-0.2, 0) is 9.53 Å². The molecule has 2 aliphatic carbocycles. The summed E-state index contributed by atoms with van der Waals surface area (Å²) in [5.74, 6) is 1.43. The maximum Gasteiger partial charge on any atom is 0.302 e. The fraction of sp³-hybridized carbons (Fsp3) is 0.917. The molecule has 3 atom stereocenters. The summed E-state index contributed by atoms with van der Waals surface area (Å²) in [7, 11) is 0. The molecule has 2 aliphatic rings. The van der Waals surface area contributed by atoms with E-state index in [1.165, 1.54) is 45.4 Å². The third-order valence-electron chi connectivity index (χ3n) is 3.83. The predicted octanol–water partition coefficient (Wildman–Crippen LogP) is 2.91. The minimum atomic E-state index is -0.0961. The molecule has 0 aromatic rings. The van der Waals surface area contributed by atoms with Crippen LogP contribution in [0.4, 0.5) is 0 Å². The van der Waals surface area contributed by atoms with Crippen LogP contribution in [-0.4, -0.2) is 12.1 Å². The molecule has 14 heavy (non-hydrogen) atoms. The van der Waals surface area contributed by atoms with E-state index in [4.69, 9.17) is 4.74 Å². The van der Waals surface area contributed by atoms with Gasteiger partial charge in [0.05, 0.1) is 0 Å². The van der Waals surface area contributed by atoms with Gasteiger partial charge in [0.25, 0.3) is 0 Å². The molecule has 1 unspecified atom stereocenters. The number of ether oxygens (including phenoxy) is 1. The minimum Gasteiger partial charge on any atom is -0.462 e. The molecule has 0 radical (unpaired) electrons. The summed E-state index contributed by atoms with van der Waals surface area (Å²) < 4.78 is 5.42. The van der Waals surface area contributed by atoms with Gasteiger partial charge in [-0.15, -0.1) is 0 Å². The number of carbonyl (C=O) groups is 1. The van der Waals surface area contributed by atoms with Gasteiger partial charge in [-0.25, -0.2) is 0 Å². The molecule has 0 amide bonds. The number of fused-ring (bicyclic) bond motifs is 1. The van der Waals surface area contributed by atoms with Gasteiger partial charge >= 0.3 is 5.97 Å². The largest absolute Gasteiger partial charge is 0.462 e. The Hall–Kier alpha value is -0.530. The predicted molar refractivity (Wildman–Crippen MR) is 54.9 cm³/mol. The van der Waals surface area contributed by atoms with Gasteiger partial charge in [0, 0.05) is 6.92 Å². The molecule has 0 N–H and O–H groups in total. The van der Waals surface area contributed by atoms with Crippen LogP contribution in [0.25, 0.3) is 0 Å². The highest BCUT2D eigenvalue weighted by molar-refractivity contribution is 5.66. The van der Waals surface area contributed by atoms with Crippen molar-refractivity contribution in [3.05, 3.63) is 0 Å². The van der Waals surface area contributed by atoms with Crippen LogP contribution < -0.4 is 0 Å². The molecule has 0 spiro atoms. The molecule has 0 aliphatic heterocycles. The molecule has 2 fully saturated rings. The summed E-state index contributed by atoms with van der Waals surface area (Å²) in [6.07, 6.45) is 9.31. The highest BCUT2D eigenvalue weighted by Crippen LogP contribution is 2.41. The normalized spacial score (nSPS) is 37.4. The number of hydrogen-bond acceptors (Lipinski definition) is 2. The van der Waals surface area contributed by atoms with Crippen molar-refractivity contribution in [3.63, 3.8) is 0 Å². The van der Waals surface area contributed by atoms with E-state index in [0.29, 0.717) is 5.92 Å². The van der Waals surface area contributed by atoms with E-state index in [1.54, 1.807) is 0 Å². The Morgan fingerprint density at radius 1 is 1.07 bits per heavy atom. The van der Waals surface area contributed by atoms with Crippen LogP contribution in [0.2, 0.25) is 0 Å². The first-order valence-electron chi connectivity index (χ1n) is 5.94. The maximum absolute atomic E-state index is 11.0. The van der Waals surface area contributed by atoms with E-state index in [-0.39, 0.29) is 12.1 Å². The minimum absolute atomic E-state index is 0.0961. The molecule has 2 saturated carbocycles. The van der Waals surface area contributed by atoms with Crippen molar-refractivity contribution < 1.29 is 9.53 Å². The van der Waals surface area contributed by atoms with Gasteiger partial charge in [0.1, 0.15) is 6.10 Å². The van der Waals surface area contributed by atoms with E-state index < -0.39 is 0 Å². The van der Waals surface area contributed by atoms with Crippen molar-refractivity contribution in [2.45, 2.75) is 58.0 Å². The lowest BCUT2D eigenvalue weighted by Crippen LogP contribution is -2.37. The Morgan fingerprint density at radius 3 is 2.57 bits per heavy atom. The van der Waals surface area contributed by atoms with Crippen molar-refractivity contribution in [1.29, 1.82) is 0 Å². The van der Waals surface area contributed by atoms with Gasteiger partial charge in [-0.2, -0.15) is 0 Å². The fourth-order valence-electron chi connectivity index (χ4n) is 3.24. The van der Waals surface area contributed by atoms with Crippen molar-refractivity contribution in [2.75, 3.05) is 0 Å². The standard InChI is InChI=1S/C12H20O2/c1-9(13)14-12-8-4-6-10-5-2-3-7-11(10)12/h10-12H,2-8H2,1H3/t10-,11+,12?/m1/s1.